The first kappa shape index (κ1) is 13.5. The van der Waals surface area contributed by atoms with Crippen molar-refractivity contribution in [3.8, 4) is 0 Å². The van der Waals surface area contributed by atoms with Crippen LogP contribution in [0.2, 0.25) is 0 Å². The van der Waals surface area contributed by atoms with E-state index in [2.05, 4.69) is 5.32 Å². The Bertz CT molecular complexity index is 436. The lowest BCUT2D eigenvalue weighted by Gasteiger charge is -2.05. The van der Waals surface area contributed by atoms with E-state index in [1.54, 1.807) is 13.2 Å². The predicted molar refractivity (Wildman–Crippen MR) is 65.1 cm³/mol. The van der Waals surface area contributed by atoms with Crippen LogP contribution in [0.4, 0.5) is 11.4 Å². The highest BCUT2D eigenvalue weighted by molar-refractivity contribution is 7.99. The Morgan fingerprint density at radius 1 is 1.59 bits per heavy atom. The summed E-state index contributed by atoms with van der Waals surface area (Å²) in [6.45, 7) is 1.30. The number of nitrogens with one attached hydrogen (secondary N) is 1. The molecule has 1 aromatic rings. The van der Waals surface area contributed by atoms with E-state index >= 15 is 0 Å². The van der Waals surface area contributed by atoms with Crippen molar-refractivity contribution < 1.29 is 14.5 Å². The topological polar surface area (TPSA) is 81.5 Å². The predicted octanol–water partition coefficient (Wildman–Crippen LogP) is 2.25. The molecule has 0 aliphatic heterocycles. The second-order valence-electron chi connectivity index (χ2n) is 3.17. The van der Waals surface area contributed by atoms with E-state index in [-0.39, 0.29) is 17.3 Å². The van der Waals surface area contributed by atoms with Gasteiger partial charge in [0.2, 0.25) is 5.91 Å². The van der Waals surface area contributed by atoms with Gasteiger partial charge in [0.1, 0.15) is 5.69 Å². The number of ether oxygens (including phenoxy) is 1. The van der Waals surface area contributed by atoms with E-state index in [1.165, 1.54) is 30.8 Å². The van der Waals surface area contributed by atoms with E-state index in [0.29, 0.717) is 10.8 Å². The molecule has 0 aliphatic rings. The van der Waals surface area contributed by atoms with E-state index < -0.39 is 4.92 Å². The zero-order valence-corrected chi connectivity index (χ0v) is 10.2. The number of nitro benzene ring substituents is 1. The smallest absolute Gasteiger partial charge is 0.293 e. The summed E-state index contributed by atoms with van der Waals surface area (Å²) in [4.78, 5) is 21.9. The van der Waals surface area contributed by atoms with Gasteiger partial charge in [0.25, 0.3) is 5.69 Å². The molecular weight excluding hydrogens is 244 g/mol. The van der Waals surface area contributed by atoms with Gasteiger partial charge in [-0.3, -0.25) is 14.9 Å². The molecule has 0 spiro atoms. The lowest BCUT2D eigenvalue weighted by Crippen LogP contribution is -2.08. The number of methoxy groups -OCH3 is 1. The molecule has 92 valence electrons. The average Bonchev–Trinajstić information content (AvgIpc) is 2.26. The van der Waals surface area contributed by atoms with Gasteiger partial charge in [-0.05, 0) is 12.1 Å². The molecule has 0 radical (unpaired) electrons. The van der Waals surface area contributed by atoms with Crippen LogP contribution in [0.25, 0.3) is 0 Å². The van der Waals surface area contributed by atoms with Crippen LogP contribution in [0.1, 0.15) is 6.92 Å². The highest BCUT2D eigenvalue weighted by Crippen LogP contribution is 2.30. The molecular formula is C10H12N2O4S. The number of nitrogens with zero attached hydrogens (tertiary/aromatic N) is 1. The first-order chi connectivity index (χ1) is 8.04. The Morgan fingerprint density at radius 3 is 2.82 bits per heavy atom. The SMILES string of the molecule is COCSc1ccc(NC(C)=O)c([N+](=O)[O-])c1. The molecule has 0 unspecified atom stereocenters. The van der Waals surface area contributed by atoms with Crippen molar-refractivity contribution in [2.45, 2.75) is 11.8 Å². The van der Waals surface area contributed by atoms with Gasteiger partial charge < -0.3 is 10.1 Å². The molecule has 6 nitrogen and oxygen atoms in total. The zero-order chi connectivity index (χ0) is 12.8. The number of rotatable bonds is 5. The van der Waals surface area contributed by atoms with E-state index in [0.717, 1.165) is 0 Å². The van der Waals surface area contributed by atoms with E-state index in [1.807, 2.05) is 0 Å². The molecule has 1 amide bonds. The molecule has 0 aliphatic carbocycles. The van der Waals surface area contributed by atoms with Gasteiger partial charge in [-0.2, -0.15) is 0 Å². The van der Waals surface area contributed by atoms with Crippen molar-refractivity contribution in [1.82, 2.24) is 0 Å². The molecule has 1 aromatic carbocycles. The second-order valence-corrected chi connectivity index (χ2v) is 4.16. The number of carbonyl (C=O) groups excluding carboxylic acids is 1. The fraction of sp³-hybridized carbons (Fsp3) is 0.300. The van der Waals surface area contributed by atoms with Crippen LogP contribution in [0.15, 0.2) is 23.1 Å². The van der Waals surface area contributed by atoms with Crippen LogP contribution >= 0.6 is 11.8 Å². The summed E-state index contributed by atoms with van der Waals surface area (Å²) in [5.41, 5.74) is 0.0746. The highest BCUT2D eigenvalue weighted by atomic mass is 32.2. The van der Waals surface area contributed by atoms with Gasteiger partial charge in [0, 0.05) is 25.0 Å². The summed E-state index contributed by atoms with van der Waals surface area (Å²) in [6.07, 6.45) is 0. The Hall–Kier alpha value is -1.60. The average molecular weight is 256 g/mol. The van der Waals surface area contributed by atoms with Gasteiger partial charge in [-0.15, -0.1) is 0 Å². The van der Waals surface area contributed by atoms with E-state index in [9.17, 15) is 14.9 Å². The van der Waals surface area contributed by atoms with Gasteiger partial charge in [-0.25, -0.2) is 0 Å². The number of thioether (sulfide) groups is 1. The largest absolute Gasteiger partial charge is 0.374 e. The summed E-state index contributed by atoms with van der Waals surface area (Å²) in [5.74, 6) is 0.0711. The Kier molecular flexibility index (Phi) is 4.92. The quantitative estimate of drug-likeness (QED) is 0.378. The van der Waals surface area contributed by atoms with Gasteiger partial charge in [0.05, 0.1) is 10.9 Å². The third-order valence-electron chi connectivity index (χ3n) is 1.82. The molecule has 0 aromatic heterocycles. The minimum absolute atomic E-state index is 0.124. The van der Waals surface area contributed by atoms with Gasteiger partial charge >= 0.3 is 0 Å². The van der Waals surface area contributed by atoms with Gasteiger partial charge in [-0.1, -0.05) is 11.8 Å². The van der Waals surface area contributed by atoms with Crippen LogP contribution in [-0.2, 0) is 9.53 Å². The number of hydrogen-bond donors (Lipinski definition) is 1. The summed E-state index contributed by atoms with van der Waals surface area (Å²) in [7, 11) is 1.55. The number of benzene rings is 1. The minimum atomic E-state index is -0.526. The summed E-state index contributed by atoms with van der Waals surface area (Å²) in [6, 6.07) is 4.62. The summed E-state index contributed by atoms with van der Waals surface area (Å²) >= 11 is 1.34. The number of nitro groups is 1. The molecule has 0 atom stereocenters. The van der Waals surface area contributed by atoms with Crippen molar-refractivity contribution in [3.63, 3.8) is 0 Å². The normalized spacial score (nSPS) is 10.0. The van der Waals surface area contributed by atoms with Crippen molar-refractivity contribution in [2.24, 2.45) is 0 Å². The number of amides is 1. The van der Waals surface area contributed by atoms with Crippen LogP contribution in [0.5, 0.6) is 0 Å². The number of carbonyl (C=O) groups is 1. The first-order valence-corrected chi connectivity index (χ1v) is 5.71. The second kappa shape index (κ2) is 6.21. The Balaban J connectivity index is 2.99. The maximum absolute atomic E-state index is 10.9. The maximum Gasteiger partial charge on any atom is 0.293 e. The van der Waals surface area contributed by atoms with Crippen molar-refractivity contribution in [3.05, 3.63) is 28.3 Å². The highest BCUT2D eigenvalue weighted by Gasteiger charge is 2.15. The van der Waals surface area contributed by atoms with Crippen molar-refractivity contribution >= 4 is 29.0 Å². The van der Waals surface area contributed by atoms with Crippen LogP contribution in [0.3, 0.4) is 0 Å². The molecule has 0 bridgehead atoms. The summed E-state index contributed by atoms with van der Waals surface area (Å²) < 4.78 is 4.86. The summed E-state index contributed by atoms with van der Waals surface area (Å²) in [5, 5.41) is 13.3. The standard InChI is InChI=1S/C10H12N2O4S/c1-7(13)11-9-4-3-8(17-6-16-2)5-10(9)12(14)15/h3-5H,6H2,1-2H3,(H,11,13). The monoisotopic (exact) mass is 256 g/mol. The molecule has 0 saturated heterocycles. The molecule has 17 heavy (non-hydrogen) atoms. The zero-order valence-electron chi connectivity index (χ0n) is 9.43. The van der Waals surface area contributed by atoms with Crippen molar-refractivity contribution in [1.29, 1.82) is 0 Å². The van der Waals surface area contributed by atoms with Gasteiger partial charge in [0.15, 0.2) is 0 Å². The fourth-order valence-corrected chi connectivity index (χ4v) is 1.79. The molecule has 0 saturated carbocycles. The lowest BCUT2D eigenvalue weighted by molar-refractivity contribution is -0.384. The molecule has 0 fully saturated rings. The molecule has 0 heterocycles. The first-order valence-electron chi connectivity index (χ1n) is 4.72. The Labute approximate surface area is 102 Å². The lowest BCUT2D eigenvalue weighted by atomic mass is 10.2. The van der Waals surface area contributed by atoms with Crippen LogP contribution in [0, 0.1) is 10.1 Å². The minimum Gasteiger partial charge on any atom is -0.374 e. The number of anilines is 1. The fourth-order valence-electron chi connectivity index (χ4n) is 1.17. The van der Waals surface area contributed by atoms with E-state index in [4.69, 9.17) is 4.74 Å². The maximum atomic E-state index is 10.9. The molecule has 1 N–H and O–H groups in total. The molecule has 1 rings (SSSR count). The Morgan fingerprint density at radius 2 is 2.29 bits per heavy atom. The molecule has 7 heteroatoms. The van der Waals surface area contributed by atoms with Crippen molar-refractivity contribution in [2.75, 3.05) is 18.4 Å². The number of hydrogen-bond acceptors (Lipinski definition) is 5. The third-order valence-corrected chi connectivity index (χ3v) is 2.76. The van der Waals surface area contributed by atoms with Crippen LogP contribution < -0.4 is 5.32 Å². The third kappa shape index (κ3) is 4.04. The van der Waals surface area contributed by atoms with Crippen LogP contribution in [-0.4, -0.2) is 23.9 Å².